The number of hydrogen-bond donors (Lipinski definition) is 2. The van der Waals surface area contributed by atoms with Crippen molar-refractivity contribution in [2.24, 2.45) is 5.92 Å². The topological polar surface area (TPSA) is 158 Å². The van der Waals surface area contributed by atoms with Gasteiger partial charge in [-0.25, -0.2) is 27.2 Å². The number of carbonyl (C=O) groups excluding carboxylic acids is 1. The molecule has 0 radical (unpaired) electrons. The zero-order chi connectivity index (χ0) is 31.0. The van der Waals surface area contributed by atoms with Crippen LogP contribution in [0.15, 0.2) is 71.8 Å². The van der Waals surface area contributed by atoms with Gasteiger partial charge in [0, 0.05) is 37.0 Å². The van der Waals surface area contributed by atoms with Crippen molar-refractivity contribution in [2.45, 2.75) is 25.8 Å². The molecule has 1 atom stereocenters. The Morgan fingerprint density at radius 3 is 2.57 bits per heavy atom. The summed E-state index contributed by atoms with van der Waals surface area (Å²) in [5.41, 5.74) is 7.73. The van der Waals surface area contributed by atoms with Crippen LogP contribution >= 0.6 is 0 Å². The predicted octanol–water partition coefficient (Wildman–Crippen LogP) is 2.52. The molecular weight excluding hydrogens is 580 g/mol. The number of para-hydroxylation sites is 1. The molecule has 0 aliphatic carbocycles. The van der Waals surface area contributed by atoms with Gasteiger partial charge in [-0.3, -0.25) is 14.2 Å². The molecule has 44 heavy (non-hydrogen) atoms. The monoisotopic (exact) mass is 610 g/mol. The molecule has 0 saturated carbocycles. The number of benzene rings is 2. The van der Waals surface area contributed by atoms with Gasteiger partial charge >= 0.3 is 0 Å². The largest absolute Gasteiger partial charge is 0.381 e. The van der Waals surface area contributed by atoms with Crippen molar-refractivity contribution >= 4 is 38.3 Å². The summed E-state index contributed by atoms with van der Waals surface area (Å²) in [6.07, 6.45) is 5.65. The van der Waals surface area contributed by atoms with Crippen molar-refractivity contribution in [1.82, 2.24) is 33.8 Å². The van der Waals surface area contributed by atoms with Crippen LogP contribution in [0.5, 0.6) is 0 Å². The highest BCUT2D eigenvalue weighted by Crippen LogP contribution is 2.23. The molecule has 1 aliphatic rings. The molecule has 3 N–H and O–H groups in total. The number of anilines is 1. The molecule has 1 aliphatic heterocycles. The second-order valence-electron chi connectivity index (χ2n) is 10.7. The van der Waals surface area contributed by atoms with Crippen molar-refractivity contribution in [1.29, 1.82) is 0 Å². The lowest BCUT2D eigenvalue weighted by atomic mass is 9.98. The van der Waals surface area contributed by atoms with E-state index >= 15 is 0 Å². The normalized spacial score (nSPS) is 15.1. The maximum atomic E-state index is 14.2. The minimum Gasteiger partial charge on any atom is -0.381 e. The molecule has 12 nitrogen and oxygen atoms in total. The highest BCUT2D eigenvalue weighted by Gasteiger charge is 2.26. The van der Waals surface area contributed by atoms with E-state index in [1.54, 1.807) is 55.7 Å². The number of fused-ring (bicyclic) bond motifs is 2. The Balaban J connectivity index is 1.39. The van der Waals surface area contributed by atoms with Gasteiger partial charge in [0.25, 0.3) is 11.5 Å². The Hall–Kier alpha value is -5.06. The summed E-state index contributed by atoms with van der Waals surface area (Å²) in [6, 6.07) is 15.4. The first kappa shape index (κ1) is 29.0. The average Bonchev–Trinajstić information content (AvgIpc) is 3.35. The van der Waals surface area contributed by atoms with Gasteiger partial charge in [0.1, 0.15) is 11.4 Å². The van der Waals surface area contributed by atoms with Gasteiger partial charge in [-0.2, -0.15) is 0 Å². The SMILES string of the molecule is C[C@H](NC(=O)c1c(N)nn2cccnc12)c1nc2cccc(C#CC3CCN(S(C)(=O)=O)CC3)c2c(=O)n1-c1ccccc1. The van der Waals surface area contributed by atoms with Gasteiger partial charge in [0.05, 0.1) is 28.9 Å². The third kappa shape index (κ3) is 5.52. The number of carbonyl (C=O) groups is 1. The highest BCUT2D eigenvalue weighted by molar-refractivity contribution is 7.88. The lowest BCUT2D eigenvalue weighted by molar-refractivity contribution is 0.0940. The van der Waals surface area contributed by atoms with Crippen LogP contribution in [0.4, 0.5) is 5.82 Å². The Bertz CT molecular complexity index is 2120. The Morgan fingerprint density at radius 2 is 1.84 bits per heavy atom. The molecule has 4 heterocycles. The number of hydrogen-bond acceptors (Lipinski definition) is 8. The minimum atomic E-state index is -3.23. The smallest absolute Gasteiger partial charge is 0.267 e. The number of piperidine rings is 1. The van der Waals surface area contributed by atoms with E-state index in [9.17, 15) is 18.0 Å². The molecule has 1 saturated heterocycles. The van der Waals surface area contributed by atoms with E-state index < -0.39 is 22.0 Å². The van der Waals surface area contributed by atoms with Crippen LogP contribution in [0.2, 0.25) is 0 Å². The van der Waals surface area contributed by atoms with Gasteiger partial charge in [-0.15, -0.1) is 5.10 Å². The summed E-state index contributed by atoms with van der Waals surface area (Å²) >= 11 is 0. The summed E-state index contributed by atoms with van der Waals surface area (Å²) in [5.74, 6) is 6.30. The van der Waals surface area contributed by atoms with Crippen molar-refractivity contribution < 1.29 is 13.2 Å². The minimum absolute atomic E-state index is 0.00363. The lowest BCUT2D eigenvalue weighted by Crippen LogP contribution is -2.37. The molecule has 3 aromatic heterocycles. The molecule has 2 aromatic carbocycles. The quantitative estimate of drug-likeness (QED) is 0.288. The van der Waals surface area contributed by atoms with E-state index in [1.165, 1.54) is 19.6 Å². The number of nitrogens with zero attached hydrogens (tertiary/aromatic N) is 6. The third-order valence-electron chi connectivity index (χ3n) is 7.66. The first-order chi connectivity index (χ1) is 21.1. The summed E-state index contributed by atoms with van der Waals surface area (Å²) in [5, 5.41) is 7.45. The number of nitrogens with one attached hydrogen (secondary N) is 1. The molecule has 1 fully saturated rings. The average molecular weight is 611 g/mol. The predicted molar refractivity (Wildman–Crippen MR) is 167 cm³/mol. The molecule has 0 spiro atoms. The first-order valence-corrected chi connectivity index (χ1v) is 15.9. The maximum Gasteiger partial charge on any atom is 0.267 e. The van der Waals surface area contributed by atoms with Crippen molar-refractivity contribution in [3.8, 4) is 17.5 Å². The van der Waals surface area contributed by atoms with Gasteiger partial charge in [0.15, 0.2) is 11.5 Å². The number of aromatic nitrogens is 5. The summed E-state index contributed by atoms with van der Waals surface area (Å²) in [4.78, 5) is 36.8. The first-order valence-electron chi connectivity index (χ1n) is 14.1. The van der Waals surface area contributed by atoms with Crippen LogP contribution in [0.3, 0.4) is 0 Å². The van der Waals surface area contributed by atoms with E-state index in [0.717, 1.165) is 0 Å². The number of rotatable bonds is 5. The molecule has 1 amide bonds. The van der Waals surface area contributed by atoms with Crippen molar-refractivity contribution in [3.63, 3.8) is 0 Å². The number of nitrogens with two attached hydrogens (primary N) is 1. The van der Waals surface area contributed by atoms with Crippen LogP contribution < -0.4 is 16.6 Å². The molecule has 0 unspecified atom stereocenters. The Labute approximate surface area is 253 Å². The fourth-order valence-electron chi connectivity index (χ4n) is 5.44. The summed E-state index contributed by atoms with van der Waals surface area (Å²) < 4.78 is 28.1. The van der Waals surface area contributed by atoms with E-state index in [0.29, 0.717) is 59.6 Å². The molecule has 0 bridgehead atoms. The summed E-state index contributed by atoms with van der Waals surface area (Å²) in [6.45, 7) is 2.58. The Morgan fingerprint density at radius 1 is 1.09 bits per heavy atom. The maximum absolute atomic E-state index is 14.2. The zero-order valence-electron chi connectivity index (χ0n) is 24.1. The van der Waals surface area contributed by atoms with Crippen molar-refractivity contribution in [2.75, 3.05) is 25.1 Å². The van der Waals surface area contributed by atoms with Crippen LogP contribution in [0.1, 0.15) is 47.6 Å². The molecule has 13 heteroatoms. The zero-order valence-corrected chi connectivity index (χ0v) is 25.0. The van der Waals surface area contributed by atoms with E-state index in [4.69, 9.17) is 10.7 Å². The standard InChI is InChI=1S/C31H30N8O4S/c1-20(34-30(40)26-27(32)36-38-17-7-16-33-29(26)38)28-35-24-11-6-8-22(13-12-21-14-18-37(19-15-21)44(2,42)43)25(24)31(41)39(28)23-9-4-3-5-10-23/h3-11,16-17,20-21H,14-15,18-19H2,1-2H3,(H2,32,36)(H,34,40)/t20-/m0/s1. The van der Waals surface area contributed by atoms with Crippen molar-refractivity contribution in [3.05, 3.63) is 94.3 Å². The van der Waals surface area contributed by atoms with Gasteiger partial charge in [0.2, 0.25) is 10.0 Å². The molecular formula is C31H30N8O4S. The van der Waals surface area contributed by atoms with Crippen LogP contribution in [0.25, 0.3) is 22.2 Å². The van der Waals surface area contributed by atoms with E-state index in [-0.39, 0.29) is 22.9 Å². The Kier molecular flexibility index (Phi) is 7.62. The fraction of sp³-hybridized carbons (Fsp3) is 0.258. The lowest BCUT2D eigenvalue weighted by Gasteiger charge is -2.27. The third-order valence-corrected chi connectivity index (χ3v) is 8.96. The molecule has 224 valence electrons. The number of nitrogen functional groups attached to an aromatic ring is 1. The van der Waals surface area contributed by atoms with Crippen LogP contribution in [-0.2, 0) is 10.0 Å². The highest BCUT2D eigenvalue weighted by atomic mass is 32.2. The van der Waals surface area contributed by atoms with Crippen LogP contribution in [-0.4, -0.2) is 62.1 Å². The molecule has 5 aromatic rings. The summed E-state index contributed by atoms with van der Waals surface area (Å²) in [7, 11) is -3.23. The van der Waals surface area contributed by atoms with Crippen LogP contribution in [0, 0.1) is 17.8 Å². The van der Waals surface area contributed by atoms with Gasteiger partial charge in [-0.1, -0.05) is 36.1 Å². The second kappa shape index (κ2) is 11.6. The van der Waals surface area contributed by atoms with Gasteiger partial charge in [-0.05, 0) is 50.1 Å². The second-order valence-corrected chi connectivity index (χ2v) is 12.7. The number of amides is 1. The van der Waals surface area contributed by atoms with E-state index in [2.05, 4.69) is 27.2 Å². The number of sulfonamides is 1. The fourth-order valence-corrected chi connectivity index (χ4v) is 6.31. The molecule has 6 rings (SSSR count). The van der Waals surface area contributed by atoms with E-state index in [1.807, 2.05) is 18.2 Å². The van der Waals surface area contributed by atoms with Gasteiger partial charge < -0.3 is 11.1 Å².